The minimum absolute atomic E-state index is 0.107. The Balaban J connectivity index is 2.33. The van der Waals surface area contributed by atoms with Gasteiger partial charge in [0.1, 0.15) is 6.54 Å². The molecule has 0 aliphatic carbocycles. The zero-order valence-corrected chi connectivity index (χ0v) is 14.8. The monoisotopic (exact) mass is 327 g/mol. The summed E-state index contributed by atoms with van der Waals surface area (Å²) in [7, 11) is 0. The number of unbranched alkanes of at least 4 members (excludes halogenated alkanes) is 7. The number of aliphatic hydroxyl groups is 1. The van der Waals surface area contributed by atoms with E-state index in [1.54, 1.807) is 0 Å². The Morgan fingerprint density at radius 3 is 2.35 bits per heavy atom. The molecule has 1 aliphatic rings. The molecular formula is C18H35N2O3+. The average molecular weight is 327 g/mol. The Bertz CT molecular complexity index is 371. The van der Waals surface area contributed by atoms with Gasteiger partial charge in [0.15, 0.2) is 12.4 Å². The number of nitrogens with zero attached hydrogens (tertiary/aromatic N) is 2. The van der Waals surface area contributed by atoms with E-state index in [9.17, 15) is 9.90 Å². The Labute approximate surface area is 141 Å². The fraction of sp³-hybridized carbons (Fsp3) is 0.889. The number of carboxylic acid groups (broad SMARTS) is 1. The molecule has 2 N–H and O–H groups in total. The Hall–Kier alpha value is -0.940. The van der Waals surface area contributed by atoms with Gasteiger partial charge in [-0.25, -0.2) is 9.79 Å². The van der Waals surface area contributed by atoms with E-state index in [-0.39, 0.29) is 13.2 Å². The van der Waals surface area contributed by atoms with Gasteiger partial charge in [0.2, 0.25) is 0 Å². The van der Waals surface area contributed by atoms with Gasteiger partial charge in [-0.05, 0) is 6.42 Å². The zero-order valence-electron chi connectivity index (χ0n) is 14.8. The quantitative estimate of drug-likeness (QED) is 0.380. The third-order valence-electron chi connectivity index (χ3n) is 4.81. The molecule has 0 aromatic rings. The van der Waals surface area contributed by atoms with Crippen LogP contribution < -0.4 is 0 Å². The SMILES string of the molecule is CCCCCCCCCCC1=NCC[N+]1(CCCO)CC(=O)O. The van der Waals surface area contributed by atoms with Gasteiger partial charge >= 0.3 is 5.97 Å². The van der Waals surface area contributed by atoms with Crippen molar-refractivity contribution >= 4 is 11.8 Å². The van der Waals surface area contributed by atoms with E-state index in [1.807, 2.05) is 0 Å². The molecule has 1 rings (SSSR count). The van der Waals surface area contributed by atoms with E-state index in [1.165, 1.54) is 44.9 Å². The molecule has 23 heavy (non-hydrogen) atoms. The first-order valence-corrected chi connectivity index (χ1v) is 9.37. The lowest BCUT2D eigenvalue weighted by Crippen LogP contribution is -2.54. The number of aliphatic carboxylic acids is 1. The van der Waals surface area contributed by atoms with Crippen LogP contribution in [-0.2, 0) is 4.79 Å². The molecule has 1 heterocycles. The summed E-state index contributed by atoms with van der Waals surface area (Å²) in [6.45, 7) is 4.66. The third-order valence-corrected chi connectivity index (χ3v) is 4.81. The van der Waals surface area contributed by atoms with Crippen molar-refractivity contribution in [1.82, 2.24) is 0 Å². The average Bonchev–Trinajstić information content (AvgIpc) is 2.90. The molecule has 0 saturated heterocycles. The second-order valence-corrected chi connectivity index (χ2v) is 6.74. The maximum absolute atomic E-state index is 11.2. The van der Waals surface area contributed by atoms with Gasteiger partial charge in [0, 0.05) is 19.4 Å². The molecule has 1 atom stereocenters. The lowest BCUT2D eigenvalue weighted by molar-refractivity contribution is -0.829. The summed E-state index contributed by atoms with van der Waals surface area (Å²) in [6, 6.07) is 0. The minimum Gasteiger partial charge on any atom is -0.477 e. The van der Waals surface area contributed by atoms with Crippen molar-refractivity contribution in [3.8, 4) is 0 Å². The Morgan fingerprint density at radius 2 is 1.74 bits per heavy atom. The van der Waals surface area contributed by atoms with Gasteiger partial charge in [-0.1, -0.05) is 51.9 Å². The minimum atomic E-state index is -0.770. The molecule has 5 heteroatoms. The number of hydrogen-bond acceptors (Lipinski definition) is 3. The Morgan fingerprint density at radius 1 is 1.09 bits per heavy atom. The van der Waals surface area contributed by atoms with Gasteiger partial charge in [-0.2, -0.15) is 0 Å². The molecule has 0 fully saturated rings. The Kier molecular flexibility index (Phi) is 10.1. The van der Waals surface area contributed by atoms with Crippen LogP contribution in [0.1, 0.15) is 71.1 Å². The standard InChI is InChI=1S/C18H34N2O3/c1-2-3-4-5-6-7-8-9-11-17-19-12-14-20(17,13-10-15-21)16-18(22)23/h21H,2-16H2,1H3/p+1. The van der Waals surface area contributed by atoms with Crippen molar-refractivity contribution in [3.05, 3.63) is 0 Å². The van der Waals surface area contributed by atoms with Gasteiger partial charge in [-0.3, -0.25) is 4.48 Å². The summed E-state index contributed by atoms with van der Waals surface area (Å²) in [5, 5.41) is 18.3. The summed E-state index contributed by atoms with van der Waals surface area (Å²) in [4.78, 5) is 15.8. The topological polar surface area (TPSA) is 69.9 Å². The predicted octanol–water partition coefficient (Wildman–Crippen LogP) is 3.21. The maximum atomic E-state index is 11.2. The predicted molar refractivity (Wildman–Crippen MR) is 93.7 cm³/mol. The molecule has 0 bridgehead atoms. The number of aliphatic hydroxyl groups excluding tert-OH is 1. The molecule has 1 unspecified atom stereocenters. The smallest absolute Gasteiger partial charge is 0.359 e. The number of carboxylic acids is 1. The number of rotatable bonds is 14. The molecule has 134 valence electrons. The summed E-state index contributed by atoms with van der Waals surface area (Å²) in [5.41, 5.74) is 0. The molecule has 0 amide bonds. The molecule has 1 aliphatic heterocycles. The van der Waals surface area contributed by atoms with Crippen LogP contribution in [0.15, 0.2) is 4.99 Å². The van der Waals surface area contributed by atoms with Crippen LogP contribution in [0.25, 0.3) is 0 Å². The highest BCUT2D eigenvalue weighted by Gasteiger charge is 2.39. The lowest BCUT2D eigenvalue weighted by Gasteiger charge is -2.33. The van der Waals surface area contributed by atoms with Gasteiger partial charge in [0.25, 0.3) is 0 Å². The van der Waals surface area contributed by atoms with Crippen molar-refractivity contribution in [2.45, 2.75) is 71.1 Å². The van der Waals surface area contributed by atoms with Crippen LogP contribution in [0, 0.1) is 0 Å². The zero-order chi connectivity index (χ0) is 17.0. The summed E-state index contributed by atoms with van der Waals surface area (Å²) < 4.78 is 0.465. The molecule has 0 aromatic heterocycles. The highest BCUT2D eigenvalue weighted by Crippen LogP contribution is 2.21. The largest absolute Gasteiger partial charge is 0.477 e. The van der Waals surface area contributed by atoms with Gasteiger partial charge in [-0.15, -0.1) is 0 Å². The first kappa shape index (κ1) is 20.1. The van der Waals surface area contributed by atoms with E-state index in [4.69, 9.17) is 5.11 Å². The fourth-order valence-corrected chi connectivity index (χ4v) is 3.51. The molecule has 0 saturated carbocycles. The highest BCUT2D eigenvalue weighted by molar-refractivity contribution is 5.80. The summed E-state index contributed by atoms with van der Waals surface area (Å²) in [5.74, 6) is 0.278. The molecule has 0 radical (unpaired) electrons. The fourth-order valence-electron chi connectivity index (χ4n) is 3.51. The second-order valence-electron chi connectivity index (χ2n) is 6.74. The summed E-state index contributed by atoms with van der Waals surface area (Å²) >= 11 is 0. The van der Waals surface area contributed by atoms with Crippen molar-refractivity contribution < 1.29 is 19.5 Å². The van der Waals surface area contributed by atoms with E-state index in [0.29, 0.717) is 17.4 Å². The van der Waals surface area contributed by atoms with Crippen molar-refractivity contribution in [1.29, 1.82) is 0 Å². The van der Waals surface area contributed by atoms with Crippen LogP contribution in [0.3, 0.4) is 0 Å². The first-order valence-electron chi connectivity index (χ1n) is 9.37. The van der Waals surface area contributed by atoms with Crippen LogP contribution in [0.4, 0.5) is 0 Å². The molecule has 0 aromatic carbocycles. The maximum Gasteiger partial charge on any atom is 0.359 e. The first-order chi connectivity index (χ1) is 11.1. The van der Waals surface area contributed by atoms with E-state index < -0.39 is 5.97 Å². The number of amidine groups is 1. The second kappa shape index (κ2) is 11.6. The molecule has 5 nitrogen and oxygen atoms in total. The highest BCUT2D eigenvalue weighted by atomic mass is 16.4. The van der Waals surface area contributed by atoms with Gasteiger partial charge in [0.05, 0.1) is 13.1 Å². The van der Waals surface area contributed by atoms with Crippen LogP contribution in [0.5, 0.6) is 0 Å². The number of hydrogen-bond donors (Lipinski definition) is 2. The molecule has 0 spiro atoms. The van der Waals surface area contributed by atoms with Crippen molar-refractivity contribution in [2.24, 2.45) is 4.99 Å². The van der Waals surface area contributed by atoms with Crippen molar-refractivity contribution in [2.75, 3.05) is 32.8 Å². The normalized spacial score (nSPS) is 20.7. The van der Waals surface area contributed by atoms with Crippen molar-refractivity contribution in [3.63, 3.8) is 0 Å². The third kappa shape index (κ3) is 7.44. The lowest BCUT2D eigenvalue weighted by atomic mass is 10.1. The van der Waals surface area contributed by atoms with Gasteiger partial charge < -0.3 is 10.2 Å². The number of quaternary nitrogens is 1. The number of aliphatic imine (C=N–C) groups is 1. The van der Waals surface area contributed by atoms with Crippen LogP contribution >= 0.6 is 0 Å². The van der Waals surface area contributed by atoms with E-state index in [2.05, 4.69) is 11.9 Å². The van der Waals surface area contributed by atoms with E-state index in [0.717, 1.165) is 31.8 Å². The summed E-state index contributed by atoms with van der Waals surface area (Å²) in [6.07, 6.45) is 11.8. The van der Waals surface area contributed by atoms with E-state index >= 15 is 0 Å². The molecular weight excluding hydrogens is 292 g/mol. The van der Waals surface area contributed by atoms with Crippen LogP contribution in [-0.4, -0.2) is 59.3 Å². The van der Waals surface area contributed by atoms with Crippen LogP contribution in [0.2, 0.25) is 0 Å². The number of carbonyl (C=O) groups is 1.